The van der Waals surface area contributed by atoms with Crippen molar-refractivity contribution in [2.45, 2.75) is 76.8 Å². The second-order valence-electron chi connectivity index (χ2n) is 7.38. The Labute approximate surface area is 180 Å². The molecule has 1 fully saturated rings. The largest absolute Gasteiger partial charge is 0.370 e. The average molecular weight is 508 g/mol. The predicted molar refractivity (Wildman–Crippen MR) is 123 cm³/mol. The third-order valence-electron chi connectivity index (χ3n) is 4.43. The van der Waals surface area contributed by atoms with E-state index in [0.29, 0.717) is 18.5 Å². The van der Waals surface area contributed by atoms with Crippen LogP contribution in [0.1, 0.15) is 63.5 Å². The highest BCUT2D eigenvalue weighted by Crippen LogP contribution is 2.17. The summed E-state index contributed by atoms with van der Waals surface area (Å²) in [4.78, 5) is 4.42. The Morgan fingerprint density at radius 2 is 1.67 bits per heavy atom. The highest BCUT2D eigenvalue weighted by atomic mass is 127. The summed E-state index contributed by atoms with van der Waals surface area (Å²) in [6.07, 6.45) is 7.43. The smallest absolute Gasteiger partial charge is 0.216 e. The van der Waals surface area contributed by atoms with E-state index in [9.17, 15) is 8.42 Å². The van der Waals surface area contributed by atoms with Gasteiger partial charge in [0.15, 0.2) is 5.96 Å². The van der Waals surface area contributed by atoms with Crippen LogP contribution in [0.15, 0.2) is 29.3 Å². The molecule has 0 amide bonds. The number of sulfonamides is 1. The van der Waals surface area contributed by atoms with Crippen LogP contribution in [0.4, 0.5) is 0 Å². The van der Waals surface area contributed by atoms with Crippen LogP contribution in [0.25, 0.3) is 0 Å². The first-order chi connectivity index (χ1) is 12.3. The number of benzene rings is 1. The summed E-state index contributed by atoms with van der Waals surface area (Å²) in [5, 5.41) is 3.33. The molecule has 1 aliphatic rings. The minimum absolute atomic E-state index is 0. The van der Waals surface area contributed by atoms with Crippen molar-refractivity contribution in [1.29, 1.82) is 0 Å². The number of halogens is 1. The van der Waals surface area contributed by atoms with Gasteiger partial charge in [-0.2, -0.15) is 0 Å². The number of guanidine groups is 1. The van der Waals surface area contributed by atoms with Gasteiger partial charge in [0.1, 0.15) is 0 Å². The molecule has 154 valence electrons. The summed E-state index contributed by atoms with van der Waals surface area (Å²) in [5.41, 5.74) is 7.78. The topological polar surface area (TPSA) is 96.6 Å². The number of hydrogen-bond acceptors (Lipinski definition) is 3. The predicted octanol–water partition coefficient (Wildman–Crippen LogP) is 3.26. The number of rotatable bonds is 7. The molecule has 2 rings (SSSR count). The molecule has 0 saturated heterocycles. The number of hydrogen-bond donors (Lipinski definition) is 3. The zero-order valence-electron chi connectivity index (χ0n) is 16.3. The van der Waals surface area contributed by atoms with Crippen molar-refractivity contribution < 1.29 is 8.42 Å². The maximum Gasteiger partial charge on any atom is 0.216 e. The minimum atomic E-state index is -3.30. The Kier molecular flexibility index (Phi) is 10.6. The van der Waals surface area contributed by atoms with Crippen LogP contribution in [0.3, 0.4) is 0 Å². The Balaban J connectivity index is 0.00000364. The fourth-order valence-electron chi connectivity index (χ4n) is 3.22. The molecule has 6 nitrogen and oxygen atoms in total. The summed E-state index contributed by atoms with van der Waals surface area (Å²) >= 11 is 0. The van der Waals surface area contributed by atoms with Gasteiger partial charge in [0.2, 0.25) is 10.0 Å². The summed E-state index contributed by atoms with van der Waals surface area (Å²) in [6.45, 7) is 4.11. The van der Waals surface area contributed by atoms with Crippen molar-refractivity contribution in [2.75, 3.05) is 0 Å². The molecule has 0 radical (unpaired) electrons. The first kappa shape index (κ1) is 24.2. The van der Waals surface area contributed by atoms with E-state index in [1.165, 1.54) is 25.7 Å². The summed E-state index contributed by atoms with van der Waals surface area (Å²) in [7, 11) is -3.30. The molecule has 0 heterocycles. The van der Waals surface area contributed by atoms with Gasteiger partial charge >= 0.3 is 0 Å². The van der Waals surface area contributed by atoms with Crippen molar-refractivity contribution >= 4 is 40.0 Å². The number of aliphatic imine (C=N–C) groups is 1. The van der Waals surface area contributed by atoms with Gasteiger partial charge in [-0.05, 0) is 37.8 Å². The van der Waals surface area contributed by atoms with E-state index >= 15 is 0 Å². The highest BCUT2D eigenvalue weighted by molar-refractivity contribution is 14.0. The third kappa shape index (κ3) is 9.75. The second-order valence-corrected chi connectivity index (χ2v) is 9.14. The third-order valence-corrected chi connectivity index (χ3v) is 5.98. The lowest BCUT2D eigenvalue weighted by Gasteiger charge is -2.16. The van der Waals surface area contributed by atoms with Gasteiger partial charge in [0.05, 0.1) is 12.3 Å². The second kappa shape index (κ2) is 11.9. The molecule has 0 atom stereocenters. The summed E-state index contributed by atoms with van der Waals surface area (Å²) in [5.74, 6) is 0.477. The Hall–Kier alpha value is -0.870. The lowest BCUT2D eigenvalue weighted by molar-refractivity contribution is 0.530. The molecular formula is C19H33IN4O2S. The summed E-state index contributed by atoms with van der Waals surface area (Å²) in [6, 6.07) is 7.81. The van der Waals surface area contributed by atoms with Crippen LogP contribution in [-0.2, 0) is 22.3 Å². The molecule has 1 saturated carbocycles. The summed E-state index contributed by atoms with van der Waals surface area (Å²) < 4.78 is 26.5. The quantitative estimate of drug-likeness (QED) is 0.228. The van der Waals surface area contributed by atoms with Crippen LogP contribution in [-0.4, -0.2) is 26.5 Å². The minimum Gasteiger partial charge on any atom is -0.370 e. The normalized spacial score (nSPS) is 16.6. The molecule has 0 bridgehead atoms. The van der Waals surface area contributed by atoms with Gasteiger partial charge in [0, 0.05) is 12.1 Å². The van der Waals surface area contributed by atoms with Gasteiger partial charge in [-0.25, -0.2) is 18.1 Å². The zero-order valence-corrected chi connectivity index (χ0v) is 19.4. The van der Waals surface area contributed by atoms with E-state index in [2.05, 4.69) is 15.0 Å². The van der Waals surface area contributed by atoms with E-state index in [0.717, 1.165) is 24.0 Å². The standard InChI is InChI=1S/C19H32N4O2S.HI/c1-15(2)23-26(24,25)14-17-11-9-16(10-12-17)13-21-19(20)22-18-7-5-3-4-6-8-18;/h9-12,15,18,23H,3-8,13-14H2,1-2H3,(H3,20,21,22);1H. The number of nitrogens with zero attached hydrogens (tertiary/aromatic N) is 1. The first-order valence-corrected chi connectivity index (χ1v) is 11.1. The van der Waals surface area contributed by atoms with E-state index in [4.69, 9.17) is 5.73 Å². The van der Waals surface area contributed by atoms with Gasteiger partial charge in [0.25, 0.3) is 0 Å². The van der Waals surface area contributed by atoms with E-state index in [-0.39, 0.29) is 35.8 Å². The van der Waals surface area contributed by atoms with Crippen LogP contribution in [0.5, 0.6) is 0 Å². The van der Waals surface area contributed by atoms with Crippen LogP contribution in [0.2, 0.25) is 0 Å². The van der Waals surface area contributed by atoms with Crippen LogP contribution < -0.4 is 15.8 Å². The van der Waals surface area contributed by atoms with E-state index in [1.807, 2.05) is 38.1 Å². The van der Waals surface area contributed by atoms with Crippen molar-refractivity contribution in [3.8, 4) is 0 Å². The van der Waals surface area contributed by atoms with Crippen molar-refractivity contribution in [3.63, 3.8) is 0 Å². The SMILES string of the molecule is CC(C)NS(=O)(=O)Cc1ccc(CN=C(N)NC2CCCCCC2)cc1.I. The molecule has 27 heavy (non-hydrogen) atoms. The molecule has 0 aliphatic heterocycles. The lowest BCUT2D eigenvalue weighted by Crippen LogP contribution is -2.39. The molecule has 1 aliphatic carbocycles. The fourth-order valence-corrected chi connectivity index (χ4v) is 4.65. The van der Waals surface area contributed by atoms with Crippen molar-refractivity contribution in [3.05, 3.63) is 35.4 Å². The maximum atomic E-state index is 12.0. The van der Waals surface area contributed by atoms with E-state index < -0.39 is 10.0 Å². The Morgan fingerprint density at radius 1 is 1.11 bits per heavy atom. The van der Waals surface area contributed by atoms with Crippen molar-refractivity contribution in [1.82, 2.24) is 10.0 Å². The highest BCUT2D eigenvalue weighted by Gasteiger charge is 2.13. The van der Waals surface area contributed by atoms with Crippen LogP contribution >= 0.6 is 24.0 Å². The monoisotopic (exact) mass is 508 g/mol. The van der Waals surface area contributed by atoms with Gasteiger partial charge in [-0.15, -0.1) is 24.0 Å². The molecular weight excluding hydrogens is 475 g/mol. The van der Waals surface area contributed by atoms with Crippen molar-refractivity contribution in [2.24, 2.45) is 10.7 Å². The Morgan fingerprint density at radius 3 is 2.22 bits per heavy atom. The van der Waals surface area contributed by atoms with Gasteiger partial charge in [-0.3, -0.25) is 0 Å². The van der Waals surface area contributed by atoms with Gasteiger partial charge in [-0.1, -0.05) is 49.9 Å². The maximum absolute atomic E-state index is 12.0. The molecule has 1 aromatic rings. The molecule has 0 spiro atoms. The van der Waals surface area contributed by atoms with E-state index in [1.54, 1.807) is 0 Å². The molecule has 8 heteroatoms. The molecule has 0 aromatic heterocycles. The Bertz CT molecular complexity index is 682. The molecule has 1 aromatic carbocycles. The molecule has 4 N–H and O–H groups in total. The first-order valence-electron chi connectivity index (χ1n) is 9.48. The number of nitrogens with one attached hydrogen (secondary N) is 2. The lowest BCUT2D eigenvalue weighted by atomic mass is 10.1. The van der Waals surface area contributed by atoms with Crippen LogP contribution in [0, 0.1) is 0 Å². The molecule has 0 unspecified atom stereocenters. The average Bonchev–Trinajstić information content (AvgIpc) is 2.81. The zero-order chi connectivity index (χ0) is 19.0. The fraction of sp³-hybridized carbons (Fsp3) is 0.632. The van der Waals surface area contributed by atoms with Gasteiger partial charge < -0.3 is 11.1 Å². The number of nitrogens with two attached hydrogens (primary N) is 1.